The molecule has 0 unspecified atom stereocenters. The van der Waals surface area contributed by atoms with Gasteiger partial charge in [0, 0.05) is 12.2 Å². The minimum atomic E-state index is -0.304. The first-order valence-electron chi connectivity index (χ1n) is 8.65. The zero-order chi connectivity index (χ0) is 16.1. The van der Waals surface area contributed by atoms with E-state index in [0.29, 0.717) is 19.3 Å². The Morgan fingerprint density at radius 1 is 1.21 bits per heavy atom. The van der Waals surface area contributed by atoms with E-state index < -0.39 is 0 Å². The predicted molar refractivity (Wildman–Crippen MR) is 97.0 cm³/mol. The van der Waals surface area contributed by atoms with Crippen molar-refractivity contribution in [3.05, 3.63) is 24.3 Å². The number of anilines is 1. The Morgan fingerprint density at radius 2 is 1.92 bits per heavy atom. The predicted octanol–water partition coefficient (Wildman–Crippen LogP) is 3.14. The number of carbonyl (C=O) groups is 1. The number of halogens is 1. The first-order valence-corrected chi connectivity index (χ1v) is 8.65. The summed E-state index contributed by atoms with van der Waals surface area (Å²) in [5, 5.41) is 6.13. The molecule has 5 nitrogen and oxygen atoms in total. The van der Waals surface area contributed by atoms with Gasteiger partial charge in [0.2, 0.25) is 5.91 Å². The van der Waals surface area contributed by atoms with Crippen LogP contribution in [0.5, 0.6) is 5.75 Å². The fourth-order valence-corrected chi connectivity index (χ4v) is 3.24. The molecule has 3 rings (SSSR count). The summed E-state index contributed by atoms with van der Waals surface area (Å²) in [6.45, 7) is 3.27. The molecule has 1 aromatic rings. The van der Waals surface area contributed by atoms with Crippen LogP contribution < -0.4 is 15.4 Å². The summed E-state index contributed by atoms with van der Waals surface area (Å²) >= 11 is 0. The zero-order valence-corrected chi connectivity index (χ0v) is 14.9. The molecule has 2 aliphatic rings. The lowest BCUT2D eigenvalue weighted by atomic mass is 9.98. The first kappa shape index (κ1) is 19.0. The van der Waals surface area contributed by atoms with Crippen molar-refractivity contribution in [1.29, 1.82) is 0 Å². The molecule has 2 atom stereocenters. The van der Waals surface area contributed by atoms with Crippen molar-refractivity contribution in [2.45, 2.75) is 57.3 Å². The third-order valence-electron chi connectivity index (χ3n) is 4.58. The zero-order valence-electron chi connectivity index (χ0n) is 14.1. The van der Waals surface area contributed by atoms with Gasteiger partial charge in [0.05, 0.1) is 18.8 Å². The summed E-state index contributed by atoms with van der Waals surface area (Å²) < 4.78 is 11.5. The number of hydrogen-bond donors (Lipinski definition) is 2. The number of rotatable bonds is 4. The molecule has 1 heterocycles. The summed E-state index contributed by atoms with van der Waals surface area (Å²) in [5.41, 5.74) is 0.783. The molecule has 0 spiro atoms. The standard InChI is InChI=1S/C18H26N2O3.ClH/c1-13-17(19-11-12-22-13)18(21)20-14-7-9-16(10-8-14)23-15-5-3-2-4-6-15;/h7-10,13,15,17,19H,2-6,11-12H2,1H3,(H,20,21);1H/t13-,17+;/m1./s1. The van der Waals surface area contributed by atoms with E-state index in [1.807, 2.05) is 31.2 Å². The van der Waals surface area contributed by atoms with E-state index in [0.717, 1.165) is 24.3 Å². The van der Waals surface area contributed by atoms with Crippen molar-refractivity contribution in [3.8, 4) is 5.75 Å². The Kier molecular flexibility index (Phi) is 7.34. The van der Waals surface area contributed by atoms with Gasteiger partial charge in [0.1, 0.15) is 11.8 Å². The Morgan fingerprint density at radius 3 is 2.58 bits per heavy atom. The Bertz CT molecular complexity index is 518. The van der Waals surface area contributed by atoms with Crippen LogP contribution in [-0.4, -0.2) is 37.3 Å². The van der Waals surface area contributed by atoms with Crippen molar-refractivity contribution < 1.29 is 14.3 Å². The molecule has 1 saturated heterocycles. The molecule has 1 aliphatic heterocycles. The summed E-state index contributed by atoms with van der Waals surface area (Å²) in [4.78, 5) is 12.3. The Labute approximate surface area is 149 Å². The third kappa shape index (κ3) is 5.10. The van der Waals surface area contributed by atoms with Crippen LogP contribution in [0.3, 0.4) is 0 Å². The average Bonchev–Trinajstić information content (AvgIpc) is 2.58. The lowest BCUT2D eigenvalue weighted by Gasteiger charge is -2.29. The van der Waals surface area contributed by atoms with Gasteiger partial charge in [-0.25, -0.2) is 0 Å². The van der Waals surface area contributed by atoms with E-state index in [-0.39, 0.29) is 30.5 Å². The normalized spacial score (nSPS) is 24.7. The Hall–Kier alpha value is -1.30. The monoisotopic (exact) mass is 354 g/mol. The van der Waals surface area contributed by atoms with Crippen LogP contribution in [0, 0.1) is 0 Å². The lowest BCUT2D eigenvalue weighted by molar-refractivity contribution is -0.123. The summed E-state index contributed by atoms with van der Waals surface area (Å²) in [5.74, 6) is 0.820. The molecule has 1 amide bonds. The molecule has 2 fully saturated rings. The first-order chi connectivity index (χ1) is 11.2. The van der Waals surface area contributed by atoms with Crippen LogP contribution in [0.1, 0.15) is 39.0 Å². The third-order valence-corrected chi connectivity index (χ3v) is 4.58. The van der Waals surface area contributed by atoms with E-state index in [9.17, 15) is 4.79 Å². The highest BCUT2D eigenvalue weighted by Gasteiger charge is 2.28. The largest absolute Gasteiger partial charge is 0.490 e. The topological polar surface area (TPSA) is 59.6 Å². The number of carbonyl (C=O) groups excluding carboxylic acids is 1. The number of benzene rings is 1. The Balaban J connectivity index is 0.00000208. The lowest BCUT2D eigenvalue weighted by Crippen LogP contribution is -2.53. The number of hydrogen-bond acceptors (Lipinski definition) is 4. The van der Waals surface area contributed by atoms with Crippen molar-refractivity contribution in [2.75, 3.05) is 18.5 Å². The maximum Gasteiger partial charge on any atom is 0.244 e. The molecule has 2 N–H and O–H groups in total. The molecular weight excluding hydrogens is 328 g/mol. The number of ether oxygens (including phenoxy) is 2. The molecule has 24 heavy (non-hydrogen) atoms. The molecular formula is C18H27ClN2O3. The molecule has 1 saturated carbocycles. The molecule has 1 aromatic carbocycles. The maximum atomic E-state index is 12.3. The van der Waals surface area contributed by atoms with Crippen LogP contribution in [-0.2, 0) is 9.53 Å². The smallest absolute Gasteiger partial charge is 0.244 e. The minimum Gasteiger partial charge on any atom is -0.490 e. The summed E-state index contributed by atoms with van der Waals surface area (Å²) in [7, 11) is 0. The van der Waals surface area contributed by atoms with E-state index >= 15 is 0 Å². The average molecular weight is 355 g/mol. The summed E-state index contributed by atoms with van der Waals surface area (Å²) in [6, 6.07) is 7.34. The maximum absolute atomic E-state index is 12.3. The SMILES string of the molecule is C[C@H]1OCCN[C@@H]1C(=O)Nc1ccc(OC2CCCCC2)cc1.Cl. The molecule has 1 aliphatic carbocycles. The van der Waals surface area contributed by atoms with Gasteiger partial charge in [-0.1, -0.05) is 6.42 Å². The molecule has 0 radical (unpaired) electrons. The van der Waals surface area contributed by atoms with Gasteiger partial charge in [-0.3, -0.25) is 4.79 Å². The van der Waals surface area contributed by atoms with E-state index in [4.69, 9.17) is 9.47 Å². The van der Waals surface area contributed by atoms with Gasteiger partial charge in [0.25, 0.3) is 0 Å². The second kappa shape index (κ2) is 9.25. The minimum absolute atomic E-state index is 0. The van der Waals surface area contributed by atoms with Crippen LogP contribution in [0.2, 0.25) is 0 Å². The van der Waals surface area contributed by atoms with E-state index in [1.54, 1.807) is 0 Å². The summed E-state index contributed by atoms with van der Waals surface area (Å²) in [6.07, 6.45) is 6.35. The van der Waals surface area contributed by atoms with Crippen molar-refractivity contribution >= 4 is 24.0 Å². The van der Waals surface area contributed by atoms with Gasteiger partial charge >= 0.3 is 0 Å². The highest BCUT2D eigenvalue weighted by atomic mass is 35.5. The van der Waals surface area contributed by atoms with Crippen molar-refractivity contribution in [2.24, 2.45) is 0 Å². The highest BCUT2D eigenvalue weighted by molar-refractivity contribution is 5.95. The van der Waals surface area contributed by atoms with E-state index in [2.05, 4.69) is 10.6 Å². The van der Waals surface area contributed by atoms with Crippen LogP contribution in [0.4, 0.5) is 5.69 Å². The second-order valence-corrected chi connectivity index (χ2v) is 6.40. The molecule has 6 heteroatoms. The van der Waals surface area contributed by atoms with Gasteiger partial charge in [-0.05, 0) is 56.9 Å². The van der Waals surface area contributed by atoms with Crippen molar-refractivity contribution in [1.82, 2.24) is 5.32 Å². The molecule has 0 bridgehead atoms. The van der Waals surface area contributed by atoms with Crippen LogP contribution >= 0.6 is 12.4 Å². The van der Waals surface area contributed by atoms with Crippen LogP contribution in [0.25, 0.3) is 0 Å². The van der Waals surface area contributed by atoms with Gasteiger partial charge in [-0.2, -0.15) is 0 Å². The fourth-order valence-electron chi connectivity index (χ4n) is 3.24. The molecule has 134 valence electrons. The fraction of sp³-hybridized carbons (Fsp3) is 0.611. The highest BCUT2D eigenvalue weighted by Crippen LogP contribution is 2.24. The van der Waals surface area contributed by atoms with Gasteiger partial charge in [-0.15, -0.1) is 12.4 Å². The molecule has 0 aromatic heterocycles. The van der Waals surface area contributed by atoms with Gasteiger partial charge in [0.15, 0.2) is 0 Å². The quantitative estimate of drug-likeness (QED) is 0.872. The van der Waals surface area contributed by atoms with E-state index in [1.165, 1.54) is 19.3 Å². The van der Waals surface area contributed by atoms with Gasteiger partial charge < -0.3 is 20.1 Å². The van der Waals surface area contributed by atoms with Crippen molar-refractivity contribution in [3.63, 3.8) is 0 Å². The number of morpholine rings is 1. The number of amides is 1. The second-order valence-electron chi connectivity index (χ2n) is 6.40. The van der Waals surface area contributed by atoms with Crippen LogP contribution in [0.15, 0.2) is 24.3 Å². The number of nitrogens with one attached hydrogen (secondary N) is 2.